The van der Waals surface area contributed by atoms with Gasteiger partial charge >= 0.3 is 0 Å². The third-order valence-electron chi connectivity index (χ3n) is 4.34. The quantitative estimate of drug-likeness (QED) is 0.407. The minimum Gasteiger partial charge on any atom is -0.454 e. The zero-order valence-electron chi connectivity index (χ0n) is 16.3. The van der Waals surface area contributed by atoms with E-state index in [9.17, 15) is 19.7 Å². The summed E-state index contributed by atoms with van der Waals surface area (Å²) in [7, 11) is 0. The van der Waals surface area contributed by atoms with E-state index in [1.165, 1.54) is 24.4 Å². The van der Waals surface area contributed by atoms with E-state index in [2.05, 4.69) is 15.8 Å². The fourth-order valence-electron chi connectivity index (χ4n) is 2.76. The van der Waals surface area contributed by atoms with Gasteiger partial charge in [0.25, 0.3) is 17.5 Å². The fraction of sp³-hybridized carbons (Fsp3) is 0.250. The van der Waals surface area contributed by atoms with Crippen LogP contribution in [0.5, 0.6) is 11.5 Å². The molecule has 0 aromatic heterocycles. The Hall–Kier alpha value is -3.95. The molecule has 0 fully saturated rings. The number of hydrogen-bond donors (Lipinski definition) is 2. The van der Waals surface area contributed by atoms with Crippen molar-refractivity contribution in [2.75, 3.05) is 6.79 Å². The first-order valence-corrected chi connectivity index (χ1v) is 9.13. The Balaban J connectivity index is 1.64. The minimum atomic E-state index is -0.842. The number of hydrogen-bond acceptors (Lipinski definition) is 7. The van der Waals surface area contributed by atoms with E-state index in [4.69, 9.17) is 9.47 Å². The standard InChI is InChI=1S/C20H20N4O6/c1-12(2)18(22-19(25)14-6-7-16-17(9-14)30-11-29-16)20(26)23-21-10-13-4-3-5-15(8-13)24(27)28/h3-10,12,18H,11H2,1-2H3,(H,22,25)(H,23,26)/b21-10+. The number of hydrazone groups is 1. The zero-order chi connectivity index (χ0) is 21.7. The van der Waals surface area contributed by atoms with Crippen LogP contribution in [0.1, 0.15) is 29.8 Å². The lowest BCUT2D eigenvalue weighted by Gasteiger charge is -2.20. The third kappa shape index (κ3) is 4.90. The lowest BCUT2D eigenvalue weighted by atomic mass is 10.0. The second-order valence-corrected chi connectivity index (χ2v) is 6.85. The Morgan fingerprint density at radius 1 is 1.17 bits per heavy atom. The molecule has 2 aromatic rings. The first-order valence-electron chi connectivity index (χ1n) is 9.13. The molecule has 3 rings (SSSR count). The van der Waals surface area contributed by atoms with Crippen molar-refractivity contribution in [3.63, 3.8) is 0 Å². The number of nitrogens with zero attached hydrogens (tertiary/aromatic N) is 2. The predicted octanol–water partition coefficient (Wildman–Crippen LogP) is 2.23. The number of nitro groups is 1. The van der Waals surface area contributed by atoms with Gasteiger partial charge < -0.3 is 14.8 Å². The molecule has 2 aromatic carbocycles. The van der Waals surface area contributed by atoms with Crippen LogP contribution in [-0.4, -0.2) is 35.8 Å². The van der Waals surface area contributed by atoms with Crippen molar-refractivity contribution in [1.29, 1.82) is 0 Å². The van der Waals surface area contributed by atoms with Crippen LogP contribution in [0.2, 0.25) is 0 Å². The molecule has 1 atom stereocenters. The SMILES string of the molecule is CC(C)C(NC(=O)c1ccc2c(c1)OCO2)C(=O)N/N=C/c1cccc([N+](=O)[O-])c1. The summed E-state index contributed by atoms with van der Waals surface area (Å²) in [4.78, 5) is 35.4. The summed E-state index contributed by atoms with van der Waals surface area (Å²) in [5.41, 5.74) is 3.06. The Morgan fingerprint density at radius 2 is 1.93 bits per heavy atom. The summed E-state index contributed by atoms with van der Waals surface area (Å²) in [6.07, 6.45) is 1.29. The van der Waals surface area contributed by atoms with Gasteiger partial charge in [0.15, 0.2) is 11.5 Å². The zero-order valence-corrected chi connectivity index (χ0v) is 16.3. The highest BCUT2D eigenvalue weighted by atomic mass is 16.7. The van der Waals surface area contributed by atoms with Crippen molar-refractivity contribution in [1.82, 2.24) is 10.7 Å². The van der Waals surface area contributed by atoms with Crippen LogP contribution >= 0.6 is 0 Å². The number of fused-ring (bicyclic) bond motifs is 1. The van der Waals surface area contributed by atoms with Gasteiger partial charge in [-0.05, 0) is 24.1 Å². The summed E-state index contributed by atoms with van der Waals surface area (Å²) in [5, 5.41) is 17.3. The van der Waals surface area contributed by atoms with Gasteiger partial charge in [0.2, 0.25) is 6.79 Å². The molecule has 10 heteroatoms. The maximum absolute atomic E-state index is 12.6. The second-order valence-electron chi connectivity index (χ2n) is 6.85. The maximum atomic E-state index is 12.6. The Labute approximate surface area is 172 Å². The van der Waals surface area contributed by atoms with Crippen molar-refractivity contribution in [3.05, 3.63) is 63.7 Å². The smallest absolute Gasteiger partial charge is 0.270 e. The summed E-state index contributed by atoms with van der Waals surface area (Å²) >= 11 is 0. The van der Waals surface area contributed by atoms with Crippen LogP contribution < -0.4 is 20.2 Å². The van der Waals surface area contributed by atoms with E-state index in [0.717, 1.165) is 0 Å². The largest absolute Gasteiger partial charge is 0.454 e. The van der Waals surface area contributed by atoms with Gasteiger partial charge in [-0.25, -0.2) is 5.43 Å². The van der Waals surface area contributed by atoms with Gasteiger partial charge in [-0.2, -0.15) is 5.10 Å². The highest BCUT2D eigenvalue weighted by Gasteiger charge is 2.25. The molecule has 0 saturated carbocycles. The van der Waals surface area contributed by atoms with Crippen molar-refractivity contribution in [3.8, 4) is 11.5 Å². The lowest BCUT2D eigenvalue weighted by Crippen LogP contribution is -2.48. The molecule has 0 saturated heterocycles. The number of amides is 2. The predicted molar refractivity (Wildman–Crippen MR) is 107 cm³/mol. The molecule has 156 valence electrons. The normalized spacial score (nSPS) is 13.3. The third-order valence-corrected chi connectivity index (χ3v) is 4.34. The maximum Gasteiger partial charge on any atom is 0.270 e. The number of carbonyl (C=O) groups excluding carboxylic acids is 2. The van der Waals surface area contributed by atoms with Crippen LogP contribution in [-0.2, 0) is 4.79 Å². The molecular formula is C20H20N4O6. The first kappa shape index (κ1) is 20.8. The molecule has 1 aliphatic heterocycles. The highest BCUT2D eigenvalue weighted by Crippen LogP contribution is 2.32. The number of ether oxygens (including phenoxy) is 2. The van der Waals surface area contributed by atoms with Crippen LogP contribution in [0, 0.1) is 16.0 Å². The molecule has 0 aliphatic carbocycles. The van der Waals surface area contributed by atoms with E-state index in [1.807, 2.05) is 0 Å². The van der Waals surface area contributed by atoms with Gasteiger partial charge in [-0.1, -0.05) is 26.0 Å². The summed E-state index contributed by atoms with van der Waals surface area (Å²) in [5.74, 6) is -0.142. The second kappa shape index (κ2) is 9.03. The van der Waals surface area contributed by atoms with E-state index in [-0.39, 0.29) is 18.4 Å². The lowest BCUT2D eigenvalue weighted by molar-refractivity contribution is -0.384. The number of carbonyl (C=O) groups is 2. The monoisotopic (exact) mass is 412 g/mol. The average Bonchev–Trinajstić information content (AvgIpc) is 3.19. The van der Waals surface area contributed by atoms with Crippen molar-refractivity contribution in [2.24, 2.45) is 11.0 Å². The van der Waals surface area contributed by atoms with E-state index in [1.54, 1.807) is 38.1 Å². The van der Waals surface area contributed by atoms with Crippen LogP contribution in [0.4, 0.5) is 5.69 Å². The molecule has 1 aliphatic rings. The van der Waals surface area contributed by atoms with Gasteiger partial charge in [0.1, 0.15) is 6.04 Å². The highest BCUT2D eigenvalue weighted by molar-refractivity contribution is 5.98. The number of nitrogens with one attached hydrogen (secondary N) is 2. The molecule has 2 amide bonds. The molecule has 30 heavy (non-hydrogen) atoms. The van der Waals surface area contributed by atoms with Crippen LogP contribution in [0.25, 0.3) is 0 Å². The molecule has 0 spiro atoms. The Bertz CT molecular complexity index is 1000. The van der Waals surface area contributed by atoms with Gasteiger partial charge in [-0.15, -0.1) is 0 Å². The van der Waals surface area contributed by atoms with Gasteiger partial charge in [0.05, 0.1) is 11.1 Å². The van der Waals surface area contributed by atoms with Gasteiger partial charge in [-0.3, -0.25) is 19.7 Å². The minimum absolute atomic E-state index is 0.0821. The fourth-order valence-corrected chi connectivity index (χ4v) is 2.76. The van der Waals surface area contributed by atoms with E-state index in [0.29, 0.717) is 22.6 Å². The molecule has 1 heterocycles. The number of benzene rings is 2. The van der Waals surface area contributed by atoms with Crippen LogP contribution in [0.15, 0.2) is 47.6 Å². The van der Waals surface area contributed by atoms with Gasteiger partial charge in [0, 0.05) is 23.3 Å². The summed E-state index contributed by atoms with van der Waals surface area (Å²) in [6, 6.07) is 9.74. The average molecular weight is 412 g/mol. The number of non-ortho nitro benzene ring substituents is 1. The Kier molecular flexibility index (Phi) is 6.26. The molecule has 10 nitrogen and oxygen atoms in total. The van der Waals surface area contributed by atoms with Crippen LogP contribution in [0.3, 0.4) is 0 Å². The first-order chi connectivity index (χ1) is 14.3. The molecule has 0 bridgehead atoms. The molecule has 2 N–H and O–H groups in total. The number of rotatable bonds is 7. The topological polar surface area (TPSA) is 132 Å². The van der Waals surface area contributed by atoms with Crippen molar-refractivity contribution in [2.45, 2.75) is 19.9 Å². The van der Waals surface area contributed by atoms with E-state index < -0.39 is 22.8 Å². The Morgan fingerprint density at radius 3 is 2.67 bits per heavy atom. The number of nitro benzene ring substituents is 1. The van der Waals surface area contributed by atoms with Crippen molar-refractivity contribution >= 4 is 23.7 Å². The summed E-state index contributed by atoms with van der Waals surface area (Å²) in [6.45, 7) is 3.67. The van der Waals surface area contributed by atoms with Crippen molar-refractivity contribution < 1.29 is 24.0 Å². The molecular weight excluding hydrogens is 392 g/mol. The summed E-state index contributed by atoms with van der Waals surface area (Å²) < 4.78 is 10.5. The van der Waals surface area contributed by atoms with E-state index >= 15 is 0 Å². The molecule has 0 radical (unpaired) electrons. The molecule has 1 unspecified atom stereocenters.